The molecular formula is C13H20N2O. The third-order valence-electron chi connectivity index (χ3n) is 2.14. The Balaban J connectivity index is 2.52. The number of carbonyl (C=O) groups is 1. The van der Waals surface area contributed by atoms with Crippen molar-refractivity contribution in [1.82, 2.24) is 10.6 Å². The Morgan fingerprint density at radius 3 is 2.25 bits per heavy atom. The summed E-state index contributed by atoms with van der Waals surface area (Å²) < 4.78 is 0. The summed E-state index contributed by atoms with van der Waals surface area (Å²) in [5, 5.41) is 5.77. The van der Waals surface area contributed by atoms with Gasteiger partial charge in [-0.3, -0.25) is 0 Å². The molecule has 0 saturated heterocycles. The highest BCUT2D eigenvalue weighted by Crippen LogP contribution is 2.11. The third kappa shape index (κ3) is 4.34. The Morgan fingerprint density at radius 1 is 1.19 bits per heavy atom. The summed E-state index contributed by atoms with van der Waals surface area (Å²) in [6, 6.07) is 9.78. The summed E-state index contributed by atoms with van der Waals surface area (Å²) in [5.41, 5.74) is 0.895. The lowest BCUT2D eigenvalue weighted by molar-refractivity contribution is 0.229. The van der Waals surface area contributed by atoms with Crippen molar-refractivity contribution < 1.29 is 4.79 Å². The molecule has 0 aliphatic heterocycles. The maximum absolute atomic E-state index is 11.6. The molecule has 0 heterocycles. The largest absolute Gasteiger partial charge is 0.334 e. The first-order valence-electron chi connectivity index (χ1n) is 5.52. The van der Waals surface area contributed by atoms with E-state index in [2.05, 4.69) is 10.6 Å². The van der Waals surface area contributed by atoms with E-state index in [1.807, 2.05) is 58.0 Å². The van der Waals surface area contributed by atoms with Crippen LogP contribution >= 0.6 is 0 Å². The van der Waals surface area contributed by atoms with E-state index < -0.39 is 0 Å². The maximum Gasteiger partial charge on any atom is 0.315 e. The predicted octanol–water partition coefficient (Wildman–Crippen LogP) is 2.85. The second-order valence-electron chi connectivity index (χ2n) is 4.98. The van der Waals surface area contributed by atoms with Crippen molar-refractivity contribution in [2.75, 3.05) is 0 Å². The molecule has 3 heteroatoms. The third-order valence-corrected chi connectivity index (χ3v) is 2.14. The van der Waals surface area contributed by atoms with Crippen LogP contribution in [0.1, 0.15) is 39.3 Å². The van der Waals surface area contributed by atoms with Gasteiger partial charge in [-0.15, -0.1) is 0 Å². The van der Waals surface area contributed by atoms with Gasteiger partial charge in [-0.1, -0.05) is 30.3 Å². The Morgan fingerprint density at radius 2 is 1.75 bits per heavy atom. The van der Waals surface area contributed by atoms with Crippen molar-refractivity contribution in [3.8, 4) is 0 Å². The van der Waals surface area contributed by atoms with Crippen LogP contribution in [0, 0.1) is 0 Å². The van der Waals surface area contributed by atoms with E-state index >= 15 is 0 Å². The average Bonchev–Trinajstić information content (AvgIpc) is 2.16. The number of amides is 2. The zero-order valence-electron chi connectivity index (χ0n) is 10.4. The van der Waals surface area contributed by atoms with Crippen molar-refractivity contribution in [2.24, 2.45) is 0 Å². The maximum atomic E-state index is 11.6. The molecule has 1 rings (SSSR count). The van der Waals surface area contributed by atoms with Gasteiger partial charge in [0.25, 0.3) is 0 Å². The molecule has 2 amide bonds. The lowest BCUT2D eigenvalue weighted by atomic mass is 10.1. The fourth-order valence-electron chi connectivity index (χ4n) is 1.40. The van der Waals surface area contributed by atoms with Gasteiger partial charge >= 0.3 is 6.03 Å². The number of rotatable bonds is 2. The summed E-state index contributed by atoms with van der Waals surface area (Å²) in [6.07, 6.45) is 0. The quantitative estimate of drug-likeness (QED) is 0.790. The van der Waals surface area contributed by atoms with Gasteiger partial charge in [-0.25, -0.2) is 4.79 Å². The fraction of sp³-hybridized carbons (Fsp3) is 0.462. The summed E-state index contributed by atoms with van der Waals surface area (Å²) in [5.74, 6) is 0. The summed E-state index contributed by atoms with van der Waals surface area (Å²) >= 11 is 0. The fourth-order valence-corrected chi connectivity index (χ4v) is 1.40. The van der Waals surface area contributed by atoms with Gasteiger partial charge in [0.1, 0.15) is 0 Å². The molecule has 0 radical (unpaired) electrons. The number of urea groups is 1. The van der Waals surface area contributed by atoms with Crippen molar-refractivity contribution in [3.63, 3.8) is 0 Å². The molecule has 2 N–H and O–H groups in total. The van der Waals surface area contributed by atoms with E-state index in [4.69, 9.17) is 0 Å². The number of benzene rings is 1. The second-order valence-corrected chi connectivity index (χ2v) is 4.98. The molecule has 3 nitrogen and oxygen atoms in total. The lowest BCUT2D eigenvalue weighted by Crippen LogP contribution is -2.47. The first-order chi connectivity index (χ1) is 7.38. The van der Waals surface area contributed by atoms with E-state index in [1.54, 1.807) is 0 Å². The molecular weight excluding hydrogens is 200 g/mol. The minimum atomic E-state index is -0.208. The van der Waals surface area contributed by atoms with Gasteiger partial charge in [0.2, 0.25) is 0 Å². The predicted molar refractivity (Wildman–Crippen MR) is 66.3 cm³/mol. The van der Waals surface area contributed by atoms with Crippen LogP contribution in [0.2, 0.25) is 0 Å². The highest BCUT2D eigenvalue weighted by atomic mass is 16.2. The van der Waals surface area contributed by atoms with Gasteiger partial charge in [0.05, 0.1) is 6.04 Å². The van der Waals surface area contributed by atoms with Gasteiger partial charge < -0.3 is 10.6 Å². The Bertz CT molecular complexity index is 341. The van der Waals surface area contributed by atoms with E-state index in [-0.39, 0.29) is 17.6 Å². The van der Waals surface area contributed by atoms with Gasteiger partial charge in [0, 0.05) is 5.54 Å². The number of carbonyl (C=O) groups excluding carboxylic acids is 1. The molecule has 0 saturated carbocycles. The lowest BCUT2D eigenvalue weighted by Gasteiger charge is -2.23. The SMILES string of the molecule is C[C@@H](NC(=O)NC(C)(C)C)c1ccccc1. The Hall–Kier alpha value is -1.51. The minimum Gasteiger partial charge on any atom is -0.334 e. The van der Waals surface area contributed by atoms with Crippen molar-refractivity contribution in [3.05, 3.63) is 35.9 Å². The van der Waals surface area contributed by atoms with Gasteiger partial charge in [0.15, 0.2) is 0 Å². The van der Waals surface area contributed by atoms with E-state index in [9.17, 15) is 4.79 Å². The molecule has 1 atom stereocenters. The van der Waals surface area contributed by atoms with E-state index in [0.717, 1.165) is 5.56 Å². The minimum absolute atomic E-state index is 0.0172. The zero-order chi connectivity index (χ0) is 12.2. The van der Waals surface area contributed by atoms with Crippen LogP contribution in [0.3, 0.4) is 0 Å². The zero-order valence-corrected chi connectivity index (χ0v) is 10.4. The average molecular weight is 220 g/mol. The highest BCUT2D eigenvalue weighted by Gasteiger charge is 2.15. The normalized spacial score (nSPS) is 13.0. The first-order valence-corrected chi connectivity index (χ1v) is 5.52. The van der Waals surface area contributed by atoms with Crippen LogP contribution < -0.4 is 10.6 Å². The van der Waals surface area contributed by atoms with Crippen molar-refractivity contribution in [1.29, 1.82) is 0 Å². The van der Waals surface area contributed by atoms with Crippen molar-refractivity contribution in [2.45, 2.75) is 39.3 Å². The molecule has 16 heavy (non-hydrogen) atoms. The first kappa shape index (κ1) is 12.6. The topological polar surface area (TPSA) is 41.1 Å². The molecule has 0 aromatic heterocycles. The molecule has 0 unspecified atom stereocenters. The second kappa shape index (κ2) is 5.01. The smallest absolute Gasteiger partial charge is 0.315 e. The number of hydrogen-bond acceptors (Lipinski definition) is 1. The summed E-state index contributed by atoms with van der Waals surface area (Å²) in [7, 11) is 0. The Kier molecular flexibility index (Phi) is 3.93. The summed E-state index contributed by atoms with van der Waals surface area (Å²) in [6.45, 7) is 7.84. The van der Waals surface area contributed by atoms with E-state index in [0.29, 0.717) is 0 Å². The monoisotopic (exact) mass is 220 g/mol. The molecule has 0 aliphatic rings. The molecule has 1 aromatic carbocycles. The van der Waals surface area contributed by atoms with Crippen LogP contribution in [0.15, 0.2) is 30.3 Å². The van der Waals surface area contributed by atoms with Crippen LogP contribution in [0.5, 0.6) is 0 Å². The van der Waals surface area contributed by atoms with Crippen LogP contribution in [-0.2, 0) is 0 Å². The highest BCUT2D eigenvalue weighted by molar-refractivity contribution is 5.75. The van der Waals surface area contributed by atoms with Gasteiger partial charge in [-0.2, -0.15) is 0 Å². The van der Waals surface area contributed by atoms with E-state index in [1.165, 1.54) is 0 Å². The van der Waals surface area contributed by atoms with Crippen LogP contribution in [0.4, 0.5) is 4.79 Å². The number of nitrogens with one attached hydrogen (secondary N) is 2. The standard InChI is InChI=1S/C13H20N2O/c1-10(11-8-6-5-7-9-11)14-12(16)15-13(2,3)4/h5-10H,1-4H3,(H2,14,15,16)/t10-/m1/s1. The Labute approximate surface area is 97.2 Å². The van der Waals surface area contributed by atoms with Crippen LogP contribution in [0.25, 0.3) is 0 Å². The molecule has 0 bridgehead atoms. The molecule has 0 fully saturated rings. The number of hydrogen-bond donors (Lipinski definition) is 2. The van der Waals surface area contributed by atoms with Gasteiger partial charge in [-0.05, 0) is 33.3 Å². The molecule has 88 valence electrons. The molecule has 0 spiro atoms. The molecule has 0 aliphatic carbocycles. The van der Waals surface area contributed by atoms with Crippen LogP contribution in [-0.4, -0.2) is 11.6 Å². The van der Waals surface area contributed by atoms with Crippen molar-refractivity contribution >= 4 is 6.03 Å². The molecule has 1 aromatic rings. The summed E-state index contributed by atoms with van der Waals surface area (Å²) in [4.78, 5) is 11.6.